The van der Waals surface area contributed by atoms with Crippen molar-refractivity contribution in [2.24, 2.45) is 0 Å². The van der Waals surface area contributed by atoms with E-state index in [4.69, 9.17) is 4.74 Å². The van der Waals surface area contributed by atoms with Crippen molar-refractivity contribution < 1.29 is 9.53 Å². The maximum absolute atomic E-state index is 11.6. The summed E-state index contributed by atoms with van der Waals surface area (Å²) in [6.45, 7) is 0.202. The predicted octanol–water partition coefficient (Wildman–Crippen LogP) is 4.69. The van der Waals surface area contributed by atoms with Gasteiger partial charge in [0.05, 0.1) is 5.69 Å². The van der Waals surface area contributed by atoms with Gasteiger partial charge in [-0.1, -0.05) is 0 Å². The number of nitrogens with zero attached hydrogens (tertiary/aromatic N) is 1. The quantitative estimate of drug-likeness (QED) is 0.502. The Hall–Kier alpha value is -1.76. The van der Waals surface area contributed by atoms with Crippen LogP contribution < -0.4 is 0 Å². The van der Waals surface area contributed by atoms with Gasteiger partial charge in [0.15, 0.2) is 0 Å². The molecule has 6 heteroatoms. The first-order valence-electron chi connectivity index (χ1n) is 6.15. The fraction of sp³-hybridized carbons (Fsp3) is 0.0667. The third-order valence-electron chi connectivity index (χ3n) is 2.64. The summed E-state index contributed by atoms with van der Waals surface area (Å²) in [5, 5.41) is 10.9. The SMILES string of the molecule is O=C(/C=C/c1ccsc1)OCc1csc(-c2ccsc2)n1. The summed E-state index contributed by atoms with van der Waals surface area (Å²) in [6.07, 6.45) is 3.19. The normalized spacial score (nSPS) is 11.0. The lowest BCUT2D eigenvalue weighted by Gasteiger charge is -1.98. The van der Waals surface area contributed by atoms with Gasteiger partial charge < -0.3 is 4.74 Å². The Morgan fingerprint density at radius 3 is 2.81 bits per heavy atom. The average Bonchev–Trinajstić information content (AvgIpc) is 3.24. The van der Waals surface area contributed by atoms with Gasteiger partial charge in [0.2, 0.25) is 0 Å². The first-order chi connectivity index (χ1) is 10.3. The molecule has 3 nitrogen and oxygen atoms in total. The number of thiophene rings is 2. The number of carbonyl (C=O) groups excluding carboxylic acids is 1. The van der Waals surface area contributed by atoms with Crippen LogP contribution in [0.2, 0.25) is 0 Å². The highest BCUT2D eigenvalue weighted by Crippen LogP contribution is 2.25. The van der Waals surface area contributed by atoms with E-state index in [1.807, 2.05) is 33.7 Å². The maximum atomic E-state index is 11.6. The Balaban J connectivity index is 1.54. The zero-order valence-electron chi connectivity index (χ0n) is 10.9. The van der Waals surface area contributed by atoms with Gasteiger partial charge in [0.1, 0.15) is 11.6 Å². The monoisotopic (exact) mass is 333 g/mol. The van der Waals surface area contributed by atoms with E-state index >= 15 is 0 Å². The van der Waals surface area contributed by atoms with Gasteiger partial charge in [-0.15, -0.1) is 11.3 Å². The molecule has 0 N–H and O–H groups in total. The van der Waals surface area contributed by atoms with E-state index in [9.17, 15) is 4.79 Å². The standard InChI is InChI=1S/C15H11NO2S3/c17-14(2-1-11-3-5-19-8-11)18-7-13-10-21-15(16-13)12-4-6-20-9-12/h1-6,8-10H,7H2/b2-1+. The molecule has 0 spiro atoms. The average molecular weight is 333 g/mol. The van der Waals surface area contributed by atoms with Crippen LogP contribution >= 0.6 is 34.0 Å². The number of aromatic nitrogens is 1. The molecule has 21 heavy (non-hydrogen) atoms. The largest absolute Gasteiger partial charge is 0.456 e. The van der Waals surface area contributed by atoms with Crippen molar-refractivity contribution in [1.29, 1.82) is 0 Å². The molecule has 0 aromatic carbocycles. The fourth-order valence-electron chi connectivity index (χ4n) is 1.62. The third kappa shape index (κ3) is 3.87. The summed E-state index contributed by atoms with van der Waals surface area (Å²) < 4.78 is 5.18. The Morgan fingerprint density at radius 1 is 1.19 bits per heavy atom. The van der Waals surface area contributed by atoms with Crippen LogP contribution in [0.1, 0.15) is 11.3 Å². The number of esters is 1. The van der Waals surface area contributed by atoms with Crippen LogP contribution in [0.4, 0.5) is 0 Å². The summed E-state index contributed by atoms with van der Waals surface area (Å²) >= 11 is 4.79. The van der Waals surface area contributed by atoms with Gasteiger partial charge in [-0.2, -0.15) is 22.7 Å². The molecule has 3 aromatic heterocycles. The van der Waals surface area contributed by atoms with Crippen LogP contribution in [0.3, 0.4) is 0 Å². The highest BCUT2D eigenvalue weighted by atomic mass is 32.1. The Kier molecular flexibility index (Phi) is 4.59. The van der Waals surface area contributed by atoms with E-state index in [0.717, 1.165) is 21.8 Å². The zero-order chi connectivity index (χ0) is 14.5. The number of hydrogen-bond acceptors (Lipinski definition) is 6. The Bertz CT molecular complexity index is 727. The first-order valence-corrected chi connectivity index (χ1v) is 8.92. The van der Waals surface area contributed by atoms with Crippen molar-refractivity contribution in [2.45, 2.75) is 6.61 Å². The zero-order valence-corrected chi connectivity index (χ0v) is 13.3. The summed E-state index contributed by atoms with van der Waals surface area (Å²) in [4.78, 5) is 16.1. The molecule has 3 heterocycles. The molecule has 0 saturated carbocycles. The van der Waals surface area contributed by atoms with Crippen molar-refractivity contribution in [1.82, 2.24) is 4.98 Å². The van der Waals surface area contributed by atoms with E-state index in [1.54, 1.807) is 40.1 Å². The molecule has 0 fully saturated rings. The molecule has 0 aliphatic heterocycles. The molecule has 0 aliphatic rings. The number of rotatable bonds is 5. The van der Waals surface area contributed by atoms with E-state index in [2.05, 4.69) is 10.4 Å². The lowest BCUT2D eigenvalue weighted by atomic mass is 10.3. The highest BCUT2D eigenvalue weighted by molar-refractivity contribution is 7.14. The van der Waals surface area contributed by atoms with E-state index < -0.39 is 0 Å². The lowest BCUT2D eigenvalue weighted by molar-refractivity contribution is -0.139. The van der Waals surface area contributed by atoms with Crippen molar-refractivity contribution in [3.8, 4) is 10.6 Å². The summed E-state index contributed by atoms with van der Waals surface area (Å²) in [5.74, 6) is -0.355. The van der Waals surface area contributed by atoms with Crippen molar-refractivity contribution in [3.05, 3.63) is 56.4 Å². The molecule has 0 radical (unpaired) electrons. The smallest absolute Gasteiger partial charge is 0.331 e. The minimum absolute atomic E-state index is 0.202. The minimum atomic E-state index is -0.355. The maximum Gasteiger partial charge on any atom is 0.331 e. The van der Waals surface area contributed by atoms with Crippen LogP contribution in [-0.4, -0.2) is 11.0 Å². The fourth-order valence-corrected chi connectivity index (χ4v) is 3.76. The molecular formula is C15H11NO2S3. The molecule has 0 amide bonds. The Morgan fingerprint density at radius 2 is 2.05 bits per heavy atom. The van der Waals surface area contributed by atoms with Gasteiger partial charge in [-0.3, -0.25) is 0 Å². The second-order valence-electron chi connectivity index (χ2n) is 4.15. The number of thiazole rings is 1. The number of ether oxygens (including phenoxy) is 1. The van der Waals surface area contributed by atoms with Crippen LogP contribution in [0.25, 0.3) is 16.6 Å². The Labute approximate surface area is 134 Å². The van der Waals surface area contributed by atoms with Crippen molar-refractivity contribution >= 4 is 46.1 Å². The second kappa shape index (κ2) is 6.80. The minimum Gasteiger partial charge on any atom is -0.456 e. The van der Waals surface area contributed by atoms with E-state index in [0.29, 0.717) is 0 Å². The molecule has 3 rings (SSSR count). The molecule has 0 aliphatic carbocycles. The highest BCUT2D eigenvalue weighted by Gasteiger charge is 2.06. The predicted molar refractivity (Wildman–Crippen MR) is 88.6 cm³/mol. The third-order valence-corrected chi connectivity index (χ3v) is 4.96. The van der Waals surface area contributed by atoms with Crippen LogP contribution in [0.15, 0.2) is 45.1 Å². The molecule has 106 valence electrons. The molecule has 0 bridgehead atoms. The van der Waals surface area contributed by atoms with Gasteiger partial charge in [0.25, 0.3) is 0 Å². The molecule has 0 atom stereocenters. The number of hydrogen-bond donors (Lipinski definition) is 0. The number of carbonyl (C=O) groups is 1. The molecule has 3 aromatic rings. The van der Waals surface area contributed by atoms with Crippen molar-refractivity contribution in [3.63, 3.8) is 0 Å². The van der Waals surface area contributed by atoms with Gasteiger partial charge in [-0.25, -0.2) is 9.78 Å². The van der Waals surface area contributed by atoms with Crippen LogP contribution in [0, 0.1) is 0 Å². The topological polar surface area (TPSA) is 39.2 Å². The van der Waals surface area contributed by atoms with Crippen molar-refractivity contribution in [2.75, 3.05) is 0 Å². The van der Waals surface area contributed by atoms with Gasteiger partial charge in [0, 0.05) is 22.4 Å². The lowest BCUT2D eigenvalue weighted by Crippen LogP contribution is -2.00. The second-order valence-corrected chi connectivity index (χ2v) is 6.57. The summed E-state index contributed by atoms with van der Waals surface area (Å²) in [6, 6.07) is 3.98. The van der Waals surface area contributed by atoms with Crippen LogP contribution in [-0.2, 0) is 16.1 Å². The first kappa shape index (κ1) is 14.2. The van der Waals surface area contributed by atoms with E-state index in [1.165, 1.54) is 6.08 Å². The van der Waals surface area contributed by atoms with Crippen LogP contribution in [0.5, 0.6) is 0 Å². The van der Waals surface area contributed by atoms with E-state index in [-0.39, 0.29) is 12.6 Å². The van der Waals surface area contributed by atoms with Gasteiger partial charge >= 0.3 is 5.97 Å². The van der Waals surface area contributed by atoms with Gasteiger partial charge in [-0.05, 0) is 39.9 Å². The molecule has 0 saturated heterocycles. The summed E-state index contributed by atoms with van der Waals surface area (Å²) in [7, 11) is 0. The molecular weight excluding hydrogens is 322 g/mol. The molecule has 0 unspecified atom stereocenters. The summed E-state index contributed by atoms with van der Waals surface area (Å²) in [5.41, 5.74) is 2.89.